The van der Waals surface area contributed by atoms with Gasteiger partial charge in [0.05, 0.1) is 18.6 Å². The second-order valence-corrected chi connectivity index (χ2v) is 5.25. The molecule has 0 unspecified atom stereocenters. The molecule has 0 saturated heterocycles. The first kappa shape index (κ1) is 21.4. The maximum absolute atomic E-state index is 12.1. The summed E-state index contributed by atoms with van der Waals surface area (Å²) in [4.78, 5) is 22.7. The van der Waals surface area contributed by atoms with Gasteiger partial charge in [0.25, 0.3) is 0 Å². The number of methoxy groups -OCH3 is 1. The summed E-state index contributed by atoms with van der Waals surface area (Å²) in [5.74, 6) is -1.34. The molecule has 2 aromatic rings. The van der Waals surface area contributed by atoms with Gasteiger partial charge in [0.2, 0.25) is 0 Å². The third-order valence-electron chi connectivity index (χ3n) is 3.51. The number of hydrogen-bond donors (Lipinski definition) is 1. The van der Waals surface area contributed by atoms with E-state index in [1.807, 2.05) is 36.4 Å². The first-order chi connectivity index (χ1) is 12.0. The molecule has 0 amide bonds. The summed E-state index contributed by atoms with van der Waals surface area (Å²) < 4.78 is 4.43. The molecule has 0 saturated carbocycles. The second kappa shape index (κ2) is 10.4. The molecule has 0 radical (unpaired) electrons. The van der Waals surface area contributed by atoms with Crippen molar-refractivity contribution in [3.05, 3.63) is 48.0 Å². The summed E-state index contributed by atoms with van der Waals surface area (Å²) in [5, 5.41) is 29.1. The number of aliphatic carboxylic acids is 1. The van der Waals surface area contributed by atoms with E-state index < -0.39 is 12.1 Å². The van der Waals surface area contributed by atoms with Gasteiger partial charge in [-0.3, -0.25) is 9.59 Å². The zero-order valence-corrected chi connectivity index (χ0v) is 14.6. The Balaban J connectivity index is 0.00000338. The monoisotopic (exact) mass is 348 g/mol. The van der Waals surface area contributed by atoms with Crippen molar-refractivity contribution in [2.45, 2.75) is 19.3 Å². The van der Waals surface area contributed by atoms with Crippen LogP contribution in [0.15, 0.2) is 52.7 Å². The Morgan fingerprint density at radius 3 is 2.46 bits per heavy atom. The van der Waals surface area contributed by atoms with Gasteiger partial charge >= 0.3 is 24.8 Å². The van der Waals surface area contributed by atoms with Crippen molar-refractivity contribution in [2.24, 2.45) is 10.2 Å². The molecule has 1 N–H and O–H groups in total. The summed E-state index contributed by atoms with van der Waals surface area (Å²) in [6.07, 6.45) is -1.37. The number of nitrogens with zero attached hydrogens (tertiary/aromatic N) is 2. The Labute approximate surface area is 162 Å². The van der Waals surface area contributed by atoms with Crippen molar-refractivity contribution >= 4 is 34.3 Å². The fourth-order valence-corrected chi connectivity index (χ4v) is 2.33. The van der Waals surface area contributed by atoms with Crippen molar-refractivity contribution in [3.8, 4) is 0 Å². The van der Waals surface area contributed by atoms with Crippen molar-refractivity contribution in [1.82, 2.24) is 0 Å². The summed E-state index contributed by atoms with van der Waals surface area (Å²) in [7, 11) is 1.18. The fourth-order valence-electron chi connectivity index (χ4n) is 2.33. The first-order valence-corrected chi connectivity index (χ1v) is 7.58. The standard InChI is InChI=1S/C18H18N2O5.Li/c1-25-18(24)20-19-16(11-13(21)9-10-17(22)23)15-8-4-6-12-5-2-3-7-14(12)15;/h2-8H,9-11H2,1H3,(H,20,24)(H,22,23);/q;+1/p-1/b19-16+;. The van der Waals surface area contributed by atoms with Crippen LogP contribution in [0, 0.1) is 0 Å². The number of carboxylic acid groups (broad SMARTS) is 1. The zero-order valence-electron chi connectivity index (χ0n) is 14.6. The molecule has 2 rings (SSSR count). The molecule has 26 heavy (non-hydrogen) atoms. The number of carbonyl (C=O) groups is 2. The van der Waals surface area contributed by atoms with Gasteiger partial charge in [-0.25, -0.2) is 0 Å². The van der Waals surface area contributed by atoms with Crippen molar-refractivity contribution in [3.63, 3.8) is 0 Å². The summed E-state index contributed by atoms with van der Waals surface area (Å²) >= 11 is 0. The molecule has 0 aliphatic rings. The third kappa shape index (κ3) is 6.03. The van der Waals surface area contributed by atoms with Gasteiger partial charge in [0.15, 0.2) is 6.08 Å². The molecule has 0 bridgehead atoms. The van der Waals surface area contributed by atoms with Crippen molar-refractivity contribution in [1.29, 1.82) is 0 Å². The Morgan fingerprint density at radius 1 is 1.08 bits per heavy atom. The topological polar surface area (TPSA) is 111 Å². The minimum absolute atomic E-state index is 0. The van der Waals surface area contributed by atoms with E-state index in [1.54, 1.807) is 6.07 Å². The summed E-state index contributed by atoms with van der Waals surface area (Å²) in [5.41, 5.74) is 0.951. The fraction of sp³-hybridized carbons (Fsp3) is 0.222. The van der Waals surface area contributed by atoms with E-state index in [9.17, 15) is 14.7 Å². The van der Waals surface area contributed by atoms with E-state index in [4.69, 9.17) is 5.11 Å². The Kier molecular flexibility index (Phi) is 8.56. The van der Waals surface area contributed by atoms with Crippen LogP contribution < -0.4 is 24.0 Å². The van der Waals surface area contributed by atoms with Crippen LogP contribution in [0.3, 0.4) is 0 Å². The van der Waals surface area contributed by atoms with Crippen LogP contribution in [0.2, 0.25) is 0 Å². The van der Waals surface area contributed by atoms with Gasteiger partial charge in [-0.1, -0.05) is 42.5 Å². The first-order valence-electron chi connectivity index (χ1n) is 7.58. The minimum Gasteiger partial charge on any atom is -0.602 e. The number of carboxylic acids is 1. The molecule has 130 valence electrons. The van der Waals surface area contributed by atoms with E-state index in [-0.39, 0.29) is 49.6 Å². The van der Waals surface area contributed by atoms with E-state index in [0.29, 0.717) is 5.56 Å². The Hall–Kier alpha value is -2.62. The molecule has 0 heterocycles. The van der Waals surface area contributed by atoms with Gasteiger partial charge in [0.1, 0.15) is 5.78 Å². The van der Waals surface area contributed by atoms with Gasteiger partial charge < -0.3 is 14.9 Å². The second-order valence-electron chi connectivity index (χ2n) is 5.25. The average Bonchev–Trinajstić information content (AvgIpc) is 2.62. The summed E-state index contributed by atoms with van der Waals surface area (Å²) in [6, 6.07) is 13.0. The number of ketones is 1. The maximum atomic E-state index is 12.1. The van der Waals surface area contributed by atoms with Crippen LogP contribution in [-0.4, -0.2) is 35.8 Å². The van der Waals surface area contributed by atoms with Crippen LogP contribution in [0.1, 0.15) is 24.8 Å². The molecular weight excluding hydrogens is 331 g/mol. The smallest absolute Gasteiger partial charge is 0.602 e. The van der Waals surface area contributed by atoms with Crippen LogP contribution in [-0.2, 0) is 14.3 Å². The SMILES string of the molecule is CO/C([O-])=N/N=C(\CC(=O)CCC(=O)O)c1cccc2ccccc12.[Li+]. The average molecular weight is 348 g/mol. The molecule has 0 fully saturated rings. The number of rotatable bonds is 7. The number of Topliss-reactive ketones (excluding diaryl/α,β-unsaturated/α-hetero) is 1. The quantitative estimate of drug-likeness (QED) is 0.290. The molecular formula is C18H17LiN2O5. The predicted molar refractivity (Wildman–Crippen MR) is 91.4 cm³/mol. The molecule has 8 heteroatoms. The molecule has 7 nitrogen and oxygen atoms in total. The van der Waals surface area contributed by atoms with Gasteiger partial charge in [-0.15, -0.1) is 5.10 Å². The van der Waals surface area contributed by atoms with E-state index in [1.165, 1.54) is 7.11 Å². The molecule has 0 atom stereocenters. The largest absolute Gasteiger partial charge is 1.00 e. The number of hydrogen-bond acceptors (Lipinski definition) is 6. The van der Waals surface area contributed by atoms with Gasteiger partial charge in [-0.2, -0.15) is 5.10 Å². The van der Waals surface area contributed by atoms with Crippen LogP contribution in [0.25, 0.3) is 10.8 Å². The molecule has 0 aliphatic carbocycles. The van der Waals surface area contributed by atoms with E-state index in [2.05, 4.69) is 14.9 Å². The third-order valence-corrected chi connectivity index (χ3v) is 3.51. The number of benzene rings is 2. The van der Waals surface area contributed by atoms with Crippen molar-refractivity contribution in [2.75, 3.05) is 7.11 Å². The van der Waals surface area contributed by atoms with Crippen LogP contribution in [0.4, 0.5) is 0 Å². The number of ether oxygens (including phenoxy) is 1. The molecule has 0 aromatic heterocycles. The van der Waals surface area contributed by atoms with Crippen molar-refractivity contribution < 1.29 is 43.4 Å². The predicted octanol–water partition coefficient (Wildman–Crippen LogP) is -1.27. The number of fused-ring (bicyclic) bond motifs is 1. The Bertz CT molecular complexity index is 843. The molecule has 0 aliphatic heterocycles. The summed E-state index contributed by atoms with van der Waals surface area (Å²) in [6.45, 7) is 0. The van der Waals surface area contributed by atoms with E-state index >= 15 is 0 Å². The maximum Gasteiger partial charge on any atom is 1.00 e. The molecule has 0 spiro atoms. The zero-order chi connectivity index (χ0) is 18.2. The van der Waals surface area contributed by atoms with Crippen LogP contribution in [0.5, 0.6) is 0 Å². The van der Waals surface area contributed by atoms with E-state index in [0.717, 1.165) is 10.8 Å². The van der Waals surface area contributed by atoms with Crippen LogP contribution >= 0.6 is 0 Å². The Morgan fingerprint density at radius 2 is 1.77 bits per heavy atom. The van der Waals surface area contributed by atoms with Gasteiger partial charge in [0, 0.05) is 12.0 Å². The number of carbonyl (C=O) groups excluding carboxylic acids is 1. The normalized spacial score (nSPS) is 11.7. The molecule has 2 aromatic carbocycles. The minimum atomic E-state index is -1.05. The van der Waals surface area contributed by atoms with Gasteiger partial charge in [-0.05, 0) is 17.9 Å².